The van der Waals surface area contributed by atoms with Crippen LogP contribution in [0.5, 0.6) is 11.5 Å². The van der Waals surface area contributed by atoms with Gasteiger partial charge in [-0.05, 0) is 82.9 Å². The smallest absolute Gasteiger partial charge is 0.307 e. The van der Waals surface area contributed by atoms with Crippen molar-refractivity contribution in [2.24, 2.45) is 35.5 Å². The van der Waals surface area contributed by atoms with Crippen LogP contribution in [0.15, 0.2) is 62.3 Å². The van der Waals surface area contributed by atoms with Crippen LogP contribution >= 0.6 is 0 Å². The zero-order chi connectivity index (χ0) is 51.1. The Bertz CT molecular complexity index is 2940. The Kier molecular flexibility index (Phi) is 15.4. The lowest BCUT2D eigenvalue weighted by molar-refractivity contribution is -0.159. The molecule has 4 aromatic rings. The molecule has 378 valence electrons. The topological polar surface area (TPSA) is 231 Å². The van der Waals surface area contributed by atoms with Crippen LogP contribution < -0.4 is 31.0 Å². The van der Waals surface area contributed by atoms with Gasteiger partial charge in [-0.3, -0.25) is 19.2 Å². The number of phenolic OH excluding ortho intramolecular Hbond substituents is 1. The normalized spacial score (nSPS) is 29.0. The van der Waals surface area contributed by atoms with Gasteiger partial charge < -0.3 is 58.9 Å². The number of methoxy groups -OCH3 is 1. The van der Waals surface area contributed by atoms with Crippen molar-refractivity contribution in [1.82, 2.24) is 9.88 Å². The summed E-state index contributed by atoms with van der Waals surface area (Å²) < 4.78 is 31.1. The van der Waals surface area contributed by atoms with E-state index in [1.807, 2.05) is 47.9 Å². The van der Waals surface area contributed by atoms with E-state index in [-0.39, 0.29) is 91.7 Å². The predicted molar refractivity (Wildman–Crippen MR) is 268 cm³/mol. The highest BCUT2D eigenvalue weighted by Crippen LogP contribution is 2.43. The highest BCUT2D eigenvalue weighted by Gasteiger charge is 2.45. The van der Waals surface area contributed by atoms with Crippen molar-refractivity contribution in [2.75, 3.05) is 57.7 Å². The van der Waals surface area contributed by atoms with Crippen LogP contribution in [-0.2, 0) is 23.8 Å². The Balaban J connectivity index is 1.48. The van der Waals surface area contributed by atoms with Gasteiger partial charge in [-0.25, -0.2) is 4.98 Å². The van der Waals surface area contributed by atoms with Gasteiger partial charge >= 0.3 is 11.8 Å². The molecular weight excluding hydrogens is 901 g/mol. The maximum absolute atomic E-state index is 15.0. The number of piperidine rings is 1. The zero-order valence-electron chi connectivity index (χ0n) is 42.0. The quantitative estimate of drug-likeness (QED) is 0.0815. The van der Waals surface area contributed by atoms with E-state index in [2.05, 4.69) is 15.1 Å². The van der Waals surface area contributed by atoms with Gasteiger partial charge in [-0.1, -0.05) is 45.9 Å². The number of esters is 1. The van der Waals surface area contributed by atoms with Crippen LogP contribution in [0.25, 0.3) is 38.7 Å². The van der Waals surface area contributed by atoms with Gasteiger partial charge in [0, 0.05) is 93.6 Å². The Morgan fingerprint density at radius 1 is 0.971 bits per heavy atom. The molecule has 3 aliphatic rings. The maximum atomic E-state index is 15.0. The first-order valence-electron chi connectivity index (χ1n) is 24.1. The van der Waals surface area contributed by atoms with Crippen molar-refractivity contribution >= 4 is 62.0 Å². The molecule has 0 aliphatic carbocycles. The summed E-state index contributed by atoms with van der Waals surface area (Å²) in [7, 11) is 5.58. The monoisotopic (exact) mass is 968 g/mol. The van der Waals surface area contributed by atoms with Crippen molar-refractivity contribution < 1.29 is 53.4 Å². The molecular formula is C53H68N4O13. The van der Waals surface area contributed by atoms with E-state index < -0.39 is 70.0 Å². The second-order valence-corrected chi connectivity index (χ2v) is 19.6. The number of nitrogens with one attached hydrogen (secondary N) is 1. The Morgan fingerprint density at radius 3 is 2.27 bits per heavy atom. The summed E-state index contributed by atoms with van der Waals surface area (Å²) in [6.07, 6.45) is 8.66. The molecule has 7 rings (SSSR count). The molecule has 0 unspecified atom stereocenters. The van der Waals surface area contributed by atoms with E-state index in [4.69, 9.17) is 28.3 Å². The number of phenols is 1. The molecule has 17 nitrogen and oxygen atoms in total. The van der Waals surface area contributed by atoms with E-state index in [0.717, 1.165) is 12.8 Å². The molecule has 9 atom stereocenters. The Labute approximate surface area is 407 Å². The minimum atomic E-state index is -1.97. The van der Waals surface area contributed by atoms with Crippen LogP contribution in [0.1, 0.15) is 73.3 Å². The van der Waals surface area contributed by atoms with Crippen molar-refractivity contribution in [3.63, 3.8) is 0 Å². The van der Waals surface area contributed by atoms with Crippen molar-refractivity contribution in [3.8, 4) is 11.5 Å². The number of hydrogen-bond donors (Lipinski definition) is 5. The number of ether oxygens (including phenoxy) is 4. The summed E-state index contributed by atoms with van der Waals surface area (Å²) in [6.45, 7) is 14.4. The highest BCUT2D eigenvalue weighted by atomic mass is 16.7. The number of allylic oxidation sites excluding steroid dienone is 3. The standard InChI is InChI=1S/C53H68N4O13/c1-12-34-38(66-11)18-21-67-53(8)51(64)42-40-41(46(62)30(6)49(42)70-53)47(63)45(50-44(40)54-43-37(61)22-33(23-39(43)69-50)57-19-16-32(17-20-57)56(9)10)55-52(65)27(3)15-13-14-26(2)35(24-58)28(4)36(25-59)29(5)48(34)68-31(7)60/h13-15,18,21-23,26,28-29,32,34-36,38,48,58-59,62,64H,12,16-17,19-20,24-25H2,1-11H3,(H,55,65)/b14-13+,21-18+,27-15-/t26-,28+,29+,34+,35-,36+,38-,48-,53-/m0/s1. The number of fused-ring (bicyclic) bond motifs is 2. The van der Waals surface area contributed by atoms with Crippen LogP contribution in [0.2, 0.25) is 0 Å². The second kappa shape index (κ2) is 20.8. The number of rotatable bonds is 7. The van der Waals surface area contributed by atoms with Gasteiger partial charge in [0.05, 0.1) is 23.0 Å². The van der Waals surface area contributed by atoms with E-state index >= 15 is 0 Å². The largest absolute Gasteiger partial charge is 0.507 e. The molecule has 3 aromatic carbocycles. The van der Waals surface area contributed by atoms with Crippen LogP contribution in [0, 0.1) is 42.4 Å². The number of carbonyl (C=O) groups excluding carboxylic acids is 2. The summed E-state index contributed by atoms with van der Waals surface area (Å²) >= 11 is 0. The highest BCUT2D eigenvalue weighted by molar-refractivity contribution is 6.16. The Morgan fingerprint density at radius 2 is 1.66 bits per heavy atom. The fourth-order valence-corrected chi connectivity index (χ4v) is 10.8. The number of aromatic hydroxyl groups is 1. The number of hydrogen-bond acceptors (Lipinski definition) is 16. The lowest BCUT2D eigenvalue weighted by atomic mass is 9.69. The number of nitrogens with zero attached hydrogens (tertiary/aromatic N) is 3. The fraction of sp³-hybridized carbons (Fsp3) is 0.528. The van der Waals surface area contributed by atoms with E-state index in [1.54, 1.807) is 31.2 Å². The van der Waals surface area contributed by atoms with Gasteiger partial charge in [-0.15, -0.1) is 0 Å². The van der Waals surface area contributed by atoms with Crippen molar-refractivity contribution in [1.29, 1.82) is 0 Å². The molecule has 1 saturated heterocycles. The first-order valence-corrected chi connectivity index (χ1v) is 24.1. The van der Waals surface area contributed by atoms with Gasteiger partial charge in [0.15, 0.2) is 22.4 Å². The van der Waals surface area contributed by atoms with E-state index in [9.17, 15) is 39.6 Å². The molecule has 1 fully saturated rings. The van der Waals surface area contributed by atoms with Gasteiger partial charge in [0.2, 0.25) is 10.9 Å². The molecule has 5 N–H and O–H groups in total. The van der Waals surface area contributed by atoms with Crippen LogP contribution in [0.4, 0.5) is 11.4 Å². The molecule has 1 amide bonds. The molecule has 0 spiro atoms. The van der Waals surface area contributed by atoms with Crippen LogP contribution in [0.3, 0.4) is 0 Å². The van der Waals surface area contributed by atoms with Crippen LogP contribution in [-0.4, -0.2) is 114 Å². The summed E-state index contributed by atoms with van der Waals surface area (Å²) in [5.74, 6) is -6.55. The SMILES string of the molecule is CC[C@H]1[C@@H](OC(C)=O)[C@H](C)[C@H](CO)[C@H](C)[C@@H](CO)[C@@H](C)/C=C/C=C(/C)C(=O)Nc2c(=O)c3c(O)c(C)c4c(c3c3nc5c(=O)cc(N6CCC(N(C)C)CC6)cc5oc23)=C(O)[C@@](C)(O/C=C/[C@@H]1OC)O4. The van der Waals surface area contributed by atoms with E-state index in [0.29, 0.717) is 31.2 Å². The predicted octanol–water partition coefficient (Wildman–Crippen LogP) is 5.98. The molecule has 17 heteroatoms. The summed E-state index contributed by atoms with van der Waals surface area (Å²) in [4.78, 5) is 65.0. The summed E-state index contributed by atoms with van der Waals surface area (Å²) in [5.41, 5.74) is -1.22. The average molecular weight is 969 g/mol. The van der Waals surface area contributed by atoms with Gasteiger partial charge in [0.1, 0.15) is 28.8 Å². The molecule has 70 heavy (non-hydrogen) atoms. The van der Waals surface area contributed by atoms with Crippen molar-refractivity contribution in [3.05, 3.63) is 79.5 Å². The second-order valence-electron chi connectivity index (χ2n) is 19.6. The first-order chi connectivity index (χ1) is 33.2. The minimum Gasteiger partial charge on any atom is -0.507 e. The average Bonchev–Trinajstić information content (AvgIpc) is 3.59. The lowest BCUT2D eigenvalue weighted by Gasteiger charge is -2.41. The third-order valence-electron chi connectivity index (χ3n) is 15.2. The molecule has 3 aliphatic heterocycles. The van der Waals surface area contributed by atoms with Gasteiger partial charge in [0.25, 0.3) is 5.91 Å². The number of anilines is 2. The van der Waals surface area contributed by atoms with Crippen molar-refractivity contribution in [2.45, 2.75) is 98.7 Å². The molecule has 1 aromatic heterocycles. The summed E-state index contributed by atoms with van der Waals surface area (Å²) in [6, 6.07) is 3.56. The fourth-order valence-electron chi connectivity index (χ4n) is 10.8. The molecule has 0 saturated carbocycles. The number of benzene rings is 3. The molecule has 0 radical (unpaired) electrons. The Hall–Kier alpha value is -6.01. The first kappa shape index (κ1) is 51.8. The zero-order valence-corrected chi connectivity index (χ0v) is 42.0. The summed E-state index contributed by atoms with van der Waals surface area (Å²) in [5, 5.41) is 48.2. The van der Waals surface area contributed by atoms with Gasteiger partial charge in [-0.2, -0.15) is 0 Å². The number of carbonyl (C=O) groups is 2. The maximum Gasteiger partial charge on any atom is 0.307 e. The number of amides is 1. The third-order valence-corrected chi connectivity index (χ3v) is 15.2. The lowest BCUT2D eigenvalue weighted by Crippen LogP contribution is -2.45. The minimum absolute atomic E-state index is 0.0364. The third kappa shape index (κ3) is 9.48. The van der Waals surface area contributed by atoms with E-state index in [1.165, 1.54) is 40.2 Å². The molecule has 4 heterocycles. The number of aromatic nitrogens is 1. The number of aliphatic hydroxyl groups is 3. The number of aliphatic hydroxyl groups excluding tert-OH is 3. The molecule has 4 bridgehead atoms.